The van der Waals surface area contributed by atoms with Crippen molar-refractivity contribution in [2.45, 2.75) is 19.2 Å². The van der Waals surface area contributed by atoms with E-state index in [0.29, 0.717) is 0 Å². The summed E-state index contributed by atoms with van der Waals surface area (Å²) in [6, 6.07) is 0. The molecule has 0 saturated heterocycles. The highest BCUT2D eigenvalue weighted by atomic mass is 32.2. The van der Waals surface area contributed by atoms with Gasteiger partial charge in [0, 0.05) is 20.0 Å². The largest absolute Gasteiger partial charge is 0.287 e. The van der Waals surface area contributed by atoms with Crippen molar-refractivity contribution in [1.29, 1.82) is 0 Å². The number of carbonyl (C=O) groups excluding carboxylic acids is 1. The van der Waals surface area contributed by atoms with Gasteiger partial charge in [0.2, 0.25) is 0 Å². The highest BCUT2D eigenvalue weighted by Gasteiger charge is 2.12. The highest BCUT2D eigenvalue weighted by Crippen LogP contribution is 2.15. The van der Waals surface area contributed by atoms with Crippen molar-refractivity contribution >= 4 is 16.9 Å². The second kappa shape index (κ2) is 6.92. The van der Waals surface area contributed by atoms with Crippen molar-refractivity contribution in [3.8, 4) is 0 Å². The van der Waals surface area contributed by atoms with Gasteiger partial charge in [-0.3, -0.25) is 9.69 Å². The van der Waals surface area contributed by atoms with Gasteiger partial charge in [0.15, 0.2) is 5.12 Å². The normalized spacial score (nSPS) is 12.5. The van der Waals surface area contributed by atoms with Gasteiger partial charge in [0.1, 0.15) is 0 Å². The van der Waals surface area contributed by atoms with Crippen LogP contribution in [0, 0.1) is 0 Å². The molecule has 0 heterocycles. The molecule has 1 unspecified atom stereocenters. The molecule has 0 aromatic carbocycles. The summed E-state index contributed by atoms with van der Waals surface area (Å²) in [4.78, 5) is 13.0. The molecule has 0 aromatic rings. The number of rotatable bonds is 6. The van der Waals surface area contributed by atoms with E-state index < -0.39 is 0 Å². The highest BCUT2D eigenvalue weighted by molar-refractivity contribution is 8.14. The second-order valence-electron chi connectivity index (χ2n) is 2.74. The van der Waals surface area contributed by atoms with Crippen LogP contribution in [0.5, 0.6) is 0 Å². The van der Waals surface area contributed by atoms with Crippen molar-refractivity contribution in [3.63, 3.8) is 0 Å². The average molecular weight is 199 g/mol. The number of hydrogen-bond acceptors (Lipinski definition) is 3. The first kappa shape index (κ1) is 12.5. The standard InChI is InChI=1S/C10H17NOS/c1-5-7-11(8-6-2)9(3)13-10(4)12/h5-6,9H,1-2,7-8H2,3-4H3. The Morgan fingerprint density at radius 1 is 1.46 bits per heavy atom. The first-order valence-corrected chi connectivity index (χ1v) is 5.12. The maximum atomic E-state index is 10.9. The topological polar surface area (TPSA) is 20.3 Å². The van der Waals surface area contributed by atoms with Crippen LogP contribution in [0.25, 0.3) is 0 Å². The lowest BCUT2D eigenvalue weighted by Gasteiger charge is -2.24. The zero-order valence-electron chi connectivity index (χ0n) is 8.32. The second-order valence-corrected chi connectivity index (χ2v) is 4.23. The van der Waals surface area contributed by atoms with Gasteiger partial charge >= 0.3 is 0 Å². The van der Waals surface area contributed by atoms with E-state index in [0.717, 1.165) is 13.1 Å². The van der Waals surface area contributed by atoms with E-state index in [-0.39, 0.29) is 10.5 Å². The maximum absolute atomic E-state index is 10.9. The number of nitrogens with zero attached hydrogens (tertiary/aromatic N) is 1. The zero-order valence-corrected chi connectivity index (χ0v) is 9.14. The summed E-state index contributed by atoms with van der Waals surface area (Å²) >= 11 is 1.33. The van der Waals surface area contributed by atoms with Crippen molar-refractivity contribution in [2.24, 2.45) is 0 Å². The Labute approximate surface area is 84.7 Å². The molecule has 0 aliphatic rings. The predicted octanol–water partition coefficient (Wildman–Crippen LogP) is 2.29. The molecule has 0 aliphatic carbocycles. The third-order valence-electron chi connectivity index (χ3n) is 1.58. The summed E-state index contributed by atoms with van der Waals surface area (Å²) in [6.45, 7) is 12.5. The molecule has 0 spiro atoms. The van der Waals surface area contributed by atoms with Gasteiger partial charge in [0.05, 0.1) is 5.37 Å². The van der Waals surface area contributed by atoms with E-state index in [1.807, 2.05) is 19.1 Å². The molecule has 0 aliphatic heterocycles. The first-order chi connectivity index (χ1) is 6.11. The summed E-state index contributed by atoms with van der Waals surface area (Å²) in [6.07, 6.45) is 3.67. The molecule has 0 amide bonds. The third-order valence-corrected chi connectivity index (χ3v) is 2.55. The van der Waals surface area contributed by atoms with Crippen LogP contribution in [0.1, 0.15) is 13.8 Å². The molecule has 0 aromatic heterocycles. The van der Waals surface area contributed by atoms with Crippen molar-refractivity contribution in [3.05, 3.63) is 25.3 Å². The average Bonchev–Trinajstić information content (AvgIpc) is 2.02. The van der Waals surface area contributed by atoms with Crippen LogP contribution < -0.4 is 0 Å². The molecule has 0 bridgehead atoms. The van der Waals surface area contributed by atoms with Gasteiger partial charge in [-0.25, -0.2) is 0 Å². The van der Waals surface area contributed by atoms with Crippen molar-refractivity contribution in [2.75, 3.05) is 13.1 Å². The monoisotopic (exact) mass is 199 g/mol. The van der Waals surface area contributed by atoms with Gasteiger partial charge in [-0.15, -0.1) is 13.2 Å². The van der Waals surface area contributed by atoms with Crippen LogP contribution in [0.2, 0.25) is 0 Å². The fraction of sp³-hybridized carbons (Fsp3) is 0.500. The number of carbonyl (C=O) groups is 1. The van der Waals surface area contributed by atoms with Crippen LogP contribution in [0.4, 0.5) is 0 Å². The molecule has 3 heteroatoms. The van der Waals surface area contributed by atoms with Crippen LogP contribution >= 0.6 is 11.8 Å². The Morgan fingerprint density at radius 2 is 1.92 bits per heavy atom. The van der Waals surface area contributed by atoms with E-state index in [2.05, 4.69) is 18.1 Å². The third kappa shape index (κ3) is 5.66. The molecule has 0 radical (unpaired) electrons. The zero-order chi connectivity index (χ0) is 10.3. The lowest BCUT2D eigenvalue weighted by Crippen LogP contribution is -2.31. The Kier molecular flexibility index (Phi) is 6.63. The molecule has 0 N–H and O–H groups in total. The molecule has 0 fully saturated rings. The fourth-order valence-electron chi connectivity index (χ4n) is 1.02. The summed E-state index contributed by atoms with van der Waals surface area (Å²) in [7, 11) is 0. The van der Waals surface area contributed by atoms with Crippen LogP contribution in [0.15, 0.2) is 25.3 Å². The van der Waals surface area contributed by atoms with Crippen LogP contribution in [-0.4, -0.2) is 28.5 Å². The lowest BCUT2D eigenvalue weighted by molar-refractivity contribution is -0.109. The SMILES string of the molecule is C=CCN(CC=C)C(C)SC(C)=O. The molecule has 1 atom stereocenters. The van der Waals surface area contributed by atoms with E-state index in [4.69, 9.17) is 0 Å². The van der Waals surface area contributed by atoms with Gasteiger partial charge in [-0.05, 0) is 6.92 Å². The molecule has 13 heavy (non-hydrogen) atoms. The molecular formula is C10H17NOS. The Bertz CT molecular complexity index is 181. The summed E-state index contributed by atoms with van der Waals surface area (Å²) in [5, 5.41) is 0.333. The minimum atomic E-state index is 0.144. The molecule has 2 nitrogen and oxygen atoms in total. The van der Waals surface area contributed by atoms with E-state index >= 15 is 0 Å². The van der Waals surface area contributed by atoms with Gasteiger partial charge in [0.25, 0.3) is 0 Å². The summed E-state index contributed by atoms with van der Waals surface area (Å²) in [5.74, 6) is 0. The van der Waals surface area contributed by atoms with Gasteiger partial charge in [-0.1, -0.05) is 23.9 Å². The molecule has 0 saturated carbocycles. The summed E-state index contributed by atoms with van der Waals surface area (Å²) in [5.41, 5.74) is 0. The van der Waals surface area contributed by atoms with E-state index in [1.165, 1.54) is 11.8 Å². The number of hydrogen-bond donors (Lipinski definition) is 0. The minimum absolute atomic E-state index is 0.144. The van der Waals surface area contributed by atoms with Crippen LogP contribution in [0.3, 0.4) is 0 Å². The van der Waals surface area contributed by atoms with Gasteiger partial charge < -0.3 is 0 Å². The maximum Gasteiger partial charge on any atom is 0.187 e. The Morgan fingerprint density at radius 3 is 2.23 bits per heavy atom. The predicted molar refractivity (Wildman–Crippen MR) is 59.7 cm³/mol. The fourth-order valence-corrected chi connectivity index (χ4v) is 1.82. The Hall–Kier alpha value is -0.540. The van der Waals surface area contributed by atoms with E-state index in [1.54, 1.807) is 6.92 Å². The molecule has 0 rings (SSSR count). The van der Waals surface area contributed by atoms with Crippen molar-refractivity contribution < 1.29 is 4.79 Å². The minimum Gasteiger partial charge on any atom is -0.287 e. The molecule has 74 valence electrons. The quantitative estimate of drug-likeness (QED) is 0.483. The van der Waals surface area contributed by atoms with E-state index in [9.17, 15) is 4.79 Å². The smallest absolute Gasteiger partial charge is 0.187 e. The lowest BCUT2D eigenvalue weighted by atomic mass is 10.4. The summed E-state index contributed by atoms with van der Waals surface area (Å²) < 4.78 is 0. The van der Waals surface area contributed by atoms with Gasteiger partial charge in [-0.2, -0.15) is 0 Å². The van der Waals surface area contributed by atoms with Crippen molar-refractivity contribution in [1.82, 2.24) is 4.90 Å². The van der Waals surface area contributed by atoms with Crippen LogP contribution in [-0.2, 0) is 4.79 Å². The first-order valence-electron chi connectivity index (χ1n) is 4.24. The number of thioether (sulfide) groups is 1. The molecular weight excluding hydrogens is 182 g/mol. The Balaban J connectivity index is 4.08.